The summed E-state index contributed by atoms with van der Waals surface area (Å²) in [6.45, 7) is 1.07. The van der Waals surface area contributed by atoms with E-state index in [0.29, 0.717) is 0 Å². The highest BCUT2D eigenvalue weighted by molar-refractivity contribution is 5.87. The van der Waals surface area contributed by atoms with Crippen molar-refractivity contribution in [2.75, 3.05) is 0 Å². The molecule has 0 heterocycles. The van der Waals surface area contributed by atoms with Crippen molar-refractivity contribution in [3.8, 4) is 12.1 Å². The highest BCUT2D eigenvalue weighted by Crippen LogP contribution is 2.08. The Morgan fingerprint density at radius 2 is 2.20 bits per heavy atom. The normalized spacial score (nSPS) is 14.4. The number of carbonyl (C=O) groups is 1. The molecule has 0 saturated carbocycles. The lowest BCUT2D eigenvalue weighted by Gasteiger charge is -2.10. The van der Waals surface area contributed by atoms with E-state index in [1.54, 1.807) is 6.07 Å². The maximum Gasteiger partial charge on any atom is 0.222 e. The molecule has 0 aliphatic rings. The van der Waals surface area contributed by atoms with Gasteiger partial charge in [0.1, 0.15) is 6.07 Å². The minimum absolute atomic E-state index is 0.473. The number of ketones is 1. The van der Waals surface area contributed by atoms with Crippen LogP contribution < -0.4 is 0 Å². The second kappa shape index (κ2) is 2.95. The zero-order valence-electron chi connectivity index (χ0n) is 5.46. The van der Waals surface area contributed by atoms with E-state index in [4.69, 9.17) is 15.6 Å². The molecule has 0 bridgehead atoms. The van der Waals surface area contributed by atoms with Gasteiger partial charge in [0.15, 0.2) is 5.78 Å². The molecule has 0 rings (SSSR count). The largest absolute Gasteiger partial charge is 0.368 e. The van der Waals surface area contributed by atoms with E-state index in [0.717, 1.165) is 6.92 Å². The van der Waals surface area contributed by atoms with Crippen molar-refractivity contribution in [2.24, 2.45) is 0 Å². The van der Waals surface area contributed by atoms with Gasteiger partial charge in [0.2, 0.25) is 5.60 Å². The monoisotopic (exact) mass is 138 g/mol. The number of hydrogen-bond acceptors (Lipinski definition) is 4. The van der Waals surface area contributed by atoms with Crippen LogP contribution in [-0.4, -0.2) is 16.5 Å². The number of carbonyl (C=O) groups excluding carboxylic acids is 1. The second-order valence-corrected chi connectivity index (χ2v) is 1.86. The quantitative estimate of drug-likeness (QED) is 0.533. The van der Waals surface area contributed by atoms with Gasteiger partial charge < -0.3 is 5.11 Å². The van der Waals surface area contributed by atoms with Crippen molar-refractivity contribution in [1.29, 1.82) is 10.5 Å². The van der Waals surface area contributed by atoms with Crippen LogP contribution in [0.15, 0.2) is 0 Å². The number of hydrogen-bond donors (Lipinski definition) is 1. The average Bonchev–Trinajstić information content (AvgIpc) is 1.88. The third-order valence-corrected chi connectivity index (χ3v) is 1.10. The van der Waals surface area contributed by atoms with Gasteiger partial charge in [-0.25, -0.2) is 0 Å². The minimum Gasteiger partial charge on any atom is -0.368 e. The molecule has 4 nitrogen and oxygen atoms in total. The lowest BCUT2D eigenvalue weighted by atomic mass is 9.98. The predicted octanol–water partition coefficient (Wildman–Crippen LogP) is -0.256. The molecule has 0 radical (unpaired) electrons. The van der Waals surface area contributed by atoms with Crippen molar-refractivity contribution in [3.05, 3.63) is 0 Å². The molecule has 1 atom stereocenters. The standard InChI is InChI=1S/C6H6N2O2/c1-5(9)6(10,4-8)2-3-7/h10H,2H2,1H3. The van der Waals surface area contributed by atoms with Crippen LogP contribution in [0.1, 0.15) is 13.3 Å². The Balaban J connectivity index is 4.47. The topological polar surface area (TPSA) is 84.9 Å². The second-order valence-electron chi connectivity index (χ2n) is 1.86. The van der Waals surface area contributed by atoms with Gasteiger partial charge in [-0.1, -0.05) is 0 Å². The number of nitrogens with zero attached hydrogens (tertiary/aromatic N) is 2. The summed E-state index contributed by atoms with van der Waals surface area (Å²) in [5.41, 5.74) is -2.10. The molecule has 0 aromatic heterocycles. The first-order valence-electron chi connectivity index (χ1n) is 2.58. The molecule has 4 heteroatoms. The lowest BCUT2D eigenvalue weighted by molar-refractivity contribution is -0.129. The fraction of sp³-hybridized carbons (Fsp3) is 0.500. The van der Waals surface area contributed by atoms with Crippen LogP contribution >= 0.6 is 0 Å². The molecule has 52 valence electrons. The summed E-state index contributed by atoms with van der Waals surface area (Å²) in [6.07, 6.45) is -0.473. The van der Waals surface area contributed by atoms with Gasteiger partial charge in [0.25, 0.3) is 0 Å². The summed E-state index contributed by atoms with van der Waals surface area (Å²) < 4.78 is 0. The van der Waals surface area contributed by atoms with E-state index in [9.17, 15) is 4.79 Å². The van der Waals surface area contributed by atoms with Crippen molar-refractivity contribution in [3.63, 3.8) is 0 Å². The summed E-state index contributed by atoms with van der Waals surface area (Å²) in [5, 5.41) is 25.2. The number of rotatable bonds is 2. The molecule has 0 aliphatic heterocycles. The van der Waals surface area contributed by atoms with Gasteiger partial charge in [0, 0.05) is 0 Å². The molecule has 0 spiro atoms. The first-order valence-corrected chi connectivity index (χ1v) is 2.58. The number of Topliss-reactive ketones (excluding diaryl/α,β-unsaturated/α-hetero) is 1. The van der Waals surface area contributed by atoms with Crippen molar-refractivity contribution in [1.82, 2.24) is 0 Å². The summed E-state index contributed by atoms with van der Waals surface area (Å²) in [7, 11) is 0. The Morgan fingerprint density at radius 3 is 2.30 bits per heavy atom. The molecule has 0 fully saturated rings. The third kappa shape index (κ3) is 1.54. The van der Waals surface area contributed by atoms with Crippen molar-refractivity contribution >= 4 is 5.78 Å². The molecule has 0 aromatic carbocycles. The molecular weight excluding hydrogens is 132 g/mol. The predicted molar refractivity (Wildman–Crippen MR) is 31.5 cm³/mol. The van der Waals surface area contributed by atoms with Gasteiger partial charge in [-0.15, -0.1) is 0 Å². The van der Waals surface area contributed by atoms with Crippen LogP contribution in [0.25, 0.3) is 0 Å². The minimum atomic E-state index is -2.10. The van der Waals surface area contributed by atoms with E-state index >= 15 is 0 Å². The van der Waals surface area contributed by atoms with Crippen LogP contribution in [0.5, 0.6) is 0 Å². The first-order chi connectivity index (χ1) is 4.56. The van der Waals surface area contributed by atoms with Crippen molar-refractivity contribution in [2.45, 2.75) is 18.9 Å². The average molecular weight is 138 g/mol. The smallest absolute Gasteiger partial charge is 0.222 e. The maximum atomic E-state index is 10.5. The molecule has 10 heavy (non-hydrogen) atoms. The molecule has 0 amide bonds. The summed E-state index contributed by atoms with van der Waals surface area (Å²) in [5.74, 6) is -0.698. The van der Waals surface area contributed by atoms with E-state index in [-0.39, 0.29) is 0 Å². The Labute approximate surface area is 58.3 Å². The van der Waals surface area contributed by atoms with Crippen LogP contribution in [0.4, 0.5) is 0 Å². The van der Waals surface area contributed by atoms with Crippen molar-refractivity contribution < 1.29 is 9.90 Å². The number of nitriles is 2. The summed E-state index contributed by atoms with van der Waals surface area (Å²) in [4.78, 5) is 10.5. The molecular formula is C6H6N2O2. The van der Waals surface area contributed by atoms with Gasteiger partial charge in [0.05, 0.1) is 12.5 Å². The Morgan fingerprint density at radius 1 is 1.70 bits per heavy atom. The summed E-state index contributed by atoms with van der Waals surface area (Å²) >= 11 is 0. The lowest BCUT2D eigenvalue weighted by Crippen LogP contribution is -2.34. The Hall–Kier alpha value is -1.39. The van der Waals surface area contributed by atoms with Crippen LogP contribution in [0.2, 0.25) is 0 Å². The Kier molecular flexibility index (Phi) is 2.54. The molecule has 1 unspecified atom stereocenters. The zero-order valence-corrected chi connectivity index (χ0v) is 5.46. The van der Waals surface area contributed by atoms with Crippen LogP contribution in [0, 0.1) is 22.7 Å². The van der Waals surface area contributed by atoms with Gasteiger partial charge >= 0.3 is 0 Å². The van der Waals surface area contributed by atoms with E-state index in [1.165, 1.54) is 6.07 Å². The molecule has 0 aliphatic carbocycles. The molecule has 1 N–H and O–H groups in total. The first kappa shape index (κ1) is 8.61. The maximum absolute atomic E-state index is 10.5. The highest BCUT2D eigenvalue weighted by Gasteiger charge is 2.31. The SMILES string of the molecule is CC(=O)C(O)(C#N)CC#N. The van der Waals surface area contributed by atoms with Gasteiger partial charge in [-0.3, -0.25) is 4.79 Å². The number of aliphatic hydroxyl groups is 1. The van der Waals surface area contributed by atoms with Crippen LogP contribution in [-0.2, 0) is 4.79 Å². The van der Waals surface area contributed by atoms with E-state index < -0.39 is 17.8 Å². The molecule has 0 aromatic rings. The fourth-order valence-electron chi connectivity index (χ4n) is 0.357. The third-order valence-electron chi connectivity index (χ3n) is 1.10. The van der Waals surface area contributed by atoms with E-state index in [2.05, 4.69) is 0 Å². The van der Waals surface area contributed by atoms with Gasteiger partial charge in [-0.2, -0.15) is 10.5 Å². The zero-order chi connectivity index (χ0) is 8.20. The summed E-state index contributed by atoms with van der Waals surface area (Å²) in [6, 6.07) is 2.91. The highest BCUT2D eigenvalue weighted by atomic mass is 16.3. The van der Waals surface area contributed by atoms with Gasteiger partial charge in [-0.05, 0) is 6.92 Å². The Bertz CT molecular complexity index is 223. The van der Waals surface area contributed by atoms with Crippen LogP contribution in [0.3, 0.4) is 0 Å². The fourth-order valence-corrected chi connectivity index (χ4v) is 0.357. The van der Waals surface area contributed by atoms with E-state index in [1.807, 2.05) is 0 Å². The molecule has 0 saturated heterocycles.